The van der Waals surface area contributed by atoms with E-state index in [1.54, 1.807) is 30.5 Å². The molecule has 80 valence electrons. The van der Waals surface area contributed by atoms with Crippen LogP contribution in [0.2, 0.25) is 0 Å². The third kappa shape index (κ3) is 2.20. The Morgan fingerprint density at radius 2 is 1.69 bits per heavy atom. The number of aromatic hydroxyl groups is 1. The van der Waals surface area contributed by atoms with Gasteiger partial charge in [0.25, 0.3) is 0 Å². The number of hydrogen-bond acceptors (Lipinski definition) is 3. The van der Waals surface area contributed by atoms with E-state index in [2.05, 4.69) is 4.99 Å². The second-order valence-electron chi connectivity index (χ2n) is 3.38. The van der Waals surface area contributed by atoms with Crippen LogP contribution in [0.5, 0.6) is 5.75 Å². The molecule has 0 spiro atoms. The molecule has 0 aliphatic carbocycles. The Labute approximate surface area is 93.9 Å². The molecule has 2 rings (SSSR count). The first-order valence-corrected chi connectivity index (χ1v) is 4.94. The molecule has 0 atom stereocenters. The highest BCUT2D eigenvalue weighted by molar-refractivity contribution is 5.86. The van der Waals surface area contributed by atoms with Crippen molar-refractivity contribution in [2.75, 3.05) is 5.73 Å². The van der Waals surface area contributed by atoms with Gasteiger partial charge < -0.3 is 10.8 Å². The lowest BCUT2D eigenvalue weighted by molar-refractivity contribution is 0.474. The summed E-state index contributed by atoms with van der Waals surface area (Å²) in [6, 6.07) is 14.4. The van der Waals surface area contributed by atoms with Crippen molar-refractivity contribution >= 4 is 17.6 Å². The first kappa shape index (κ1) is 10.2. The van der Waals surface area contributed by atoms with Gasteiger partial charge in [-0.1, -0.05) is 24.3 Å². The van der Waals surface area contributed by atoms with Crippen molar-refractivity contribution in [2.45, 2.75) is 0 Å². The highest BCUT2D eigenvalue weighted by Gasteiger charge is 1.96. The standard InChI is InChI=1S/C13H12N2O/c14-11-6-2-3-7-12(11)15-9-10-5-1-4-8-13(10)16/h1-9,16H,14H2/b15-9-. The average molecular weight is 212 g/mol. The summed E-state index contributed by atoms with van der Waals surface area (Å²) in [5.74, 6) is 0.209. The Kier molecular flexibility index (Phi) is 2.87. The molecule has 3 nitrogen and oxygen atoms in total. The molecule has 0 bridgehead atoms. The van der Waals surface area contributed by atoms with E-state index in [0.29, 0.717) is 16.9 Å². The predicted molar refractivity (Wildman–Crippen MR) is 66.2 cm³/mol. The molecule has 0 aromatic heterocycles. The first-order chi connectivity index (χ1) is 7.77. The number of anilines is 1. The SMILES string of the molecule is Nc1ccccc1/N=C\c1ccccc1O. The van der Waals surface area contributed by atoms with Crippen LogP contribution < -0.4 is 5.73 Å². The number of para-hydroxylation sites is 3. The number of hydrogen-bond donors (Lipinski definition) is 2. The second-order valence-corrected chi connectivity index (χ2v) is 3.38. The lowest BCUT2D eigenvalue weighted by Crippen LogP contribution is -1.85. The van der Waals surface area contributed by atoms with Gasteiger partial charge in [-0.3, -0.25) is 4.99 Å². The van der Waals surface area contributed by atoms with Crippen LogP contribution in [-0.4, -0.2) is 11.3 Å². The number of nitrogens with two attached hydrogens (primary N) is 1. The average Bonchev–Trinajstić information content (AvgIpc) is 2.30. The Hall–Kier alpha value is -2.29. The van der Waals surface area contributed by atoms with Crippen LogP contribution in [0, 0.1) is 0 Å². The van der Waals surface area contributed by atoms with E-state index in [9.17, 15) is 5.11 Å². The highest BCUT2D eigenvalue weighted by Crippen LogP contribution is 2.21. The molecule has 0 unspecified atom stereocenters. The molecule has 16 heavy (non-hydrogen) atoms. The maximum Gasteiger partial charge on any atom is 0.124 e. The Balaban J connectivity index is 2.29. The Morgan fingerprint density at radius 1 is 1.00 bits per heavy atom. The summed E-state index contributed by atoms with van der Waals surface area (Å²) in [6.07, 6.45) is 1.60. The van der Waals surface area contributed by atoms with Gasteiger partial charge in [-0.25, -0.2) is 0 Å². The molecule has 0 fully saturated rings. The van der Waals surface area contributed by atoms with Gasteiger partial charge in [0.2, 0.25) is 0 Å². The first-order valence-electron chi connectivity index (χ1n) is 4.94. The quantitative estimate of drug-likeness (QED) is 0.594. The predicted octanol–water partition coefficient (Wildman–Crippen LogP) is 2.73. The molecule has 0 radical (unpaired) electrons. The van der Waals surface area contributed by atoms with Crippen LogP contribution in [0.4, 0.5) is 11.4 Å². The maximum atomic E-state index is 9.54. The van der Waals surface area contributed by atoms with Crippen molar-refractivity contribution in [1.29, 1.82) is 0 Å². The monoisotopic (exact) mass is 212 g/mol. The van der Waals surface area contributed by atoms with Crippen LogP contribution in [0.3, 0.4) is 0 Å². The zero-order valence-corrected chi connectivity index (χ0v) is 8.67. The molecule has 0 saturated carbocycles. The molecule has 0 saturated heterocycles. The molecule has 0 amide bonds. The summed E-state index contributed by atoms with van der Waals surface area (Å²) in [5, 5.41) is 9.54. The van der Waals surface area contributed by atoms with E-state index in [4.69, 9.17) is 5.73 Å². The zero-order valence-electron chi connectivity index (χ0n) is 8.67. The van der Waals surface area contributed by atoms with E-state index < -0.39 is 0 Å². The molecule has 0 heterocycles. The van der Waals surface area contributed by atoms with E-state index in [1.165, 1.54) is 0 Å². The number of rotatable bonds is 2. The summed E-state index contributed by atoms with van der Waals surface area (Å²) in [5.41, 5.74) is 7.74. The van der Waals surface area contributed by atoms with Crippen LogP contribution in [-0.2, 0) is 0 Å². The summed E-state index contributed by atoms with van der Waals surface area (Å²) in [6.45, 7) is 0. The van der Waals surface area contributed by atoms with E-state index in [-0.39, 0.29) is 5.75 Å². The van der Waals surface area contributed by atoms with Gasteiger partial charge in [0.1, 0.15) is 5.75 Å². The zero-order chi connectivity index (χ0) is 11.4. The number of phenolic OH excluding ortho intramolecular Hbond substituents is 1. The van der Waals surface area contributed by atoms with Crippen molar-refractivity contribution in [3.63, 3.8) is 0 Å². The van der Waals surface area contributed by atoms with Gasteiger partial charge in [-0.2, -0.15) is 0 Å². The smallest absolute Gasteiger partial charge is 0.124 e. The topological polar surface area (TPSA) is 58.6 Å². The van der Waals surface area contributed by atoms with Crippen molar-refractivity contribution in [3.05, 3.63) is 54.1 Å². The normalized spacial score (nSPS) is 10.8. The highest BCUT2D eigenvalue weighted by atomic mass is 16.3. The largest absolute Gasteiger partial charge is 0.507 e. The molecule has 0 aliphatic rings. The third-order valence-electron chi connectivity index (χ3n) is 2.22. The minimum absolute atomic E-state index is 0.209. The maximum absolute atomic E-state index is 9.54. The van der Waals surface area contributed by atoms with Gasteiger partial charge in [0.15, 0.2) is 0 Å². The fraction of sp³-hybridized carbons (Fsp3) is 0. The van der Waals surface area contributed by atoms with E-state index >= 15 is 0 Å². The lowest BCUT2D eigenvalue weighted by atomic mass is 10.2. The van der Waals surface area contributed by atoms with Crippen LogP contribution in [0.1, 0.15) is 5.56 Å². The fourth-order valence-corrected chi connectivity index (χ4v) is 1.34. The van der Waals surface area contributed by atoms with Crippen molar-refractivity contribution in [1.82, 2.24) is 0 Å². The summed E-state index contributed by atoms with van der Waals surface area (Å²) in [4.78, 5) is 4.23. The molecule has 3 heteroatoms. The number of nitrogen functional groups attached to an aromatic ring is 1. The Bertz CT molecular complexity index is 473. The van der Waals surface area contributed by atoms with Gasteiger partial charge in [0, 0.05) is 11.8 Å². The second kappa shape index (κ2) is 4.49. The summed E-state index contributed by atoms with van der Waals surface area (Å²) >= 11 is 0. The number of nitrogens with zero attached hydrogens (tertiary/aromatic N) is 1. The molecule has 2 aromatic carbocycles. The van der Waals surface area contributed by atoms with E-state index in [1.807, 2.05) is 24.3 Å². The number of phenols is 1. The van der Waals surface area contributed by atoms with Crippen LogP contribution >= 0.6 is 0 Å². The number of aliphatic imine (C=N–C) groups is 1. The minimum Gasteiger partial charge on any atom is -0.507 e. The van der Waals surface area contributed by atoms with Gasteiger partial charge in [0.05, 0.1) is 11.4 Å². The molecular weight excluding hydrogens is 200 g/mol. The molecule has 2 aromatic rings. The molecule has 3 N–H and O–H groups in total. The minimum atomic E-state index is 0.209. The summed E-state index contributed by atoms with van der Waals surface area (Å²) in [7, 11) is 0. The summed E-state index contributed by atoms with van der Waals surface area (Å²) < 4.78 is 0. The van der Waals surface area contributed by atoms with Crippen LogP contribution in [0.25, 0.3) is 0 Å². The van der Waals surface area contributed by atoms with Gasteiger partial charge >= 0.3 is 0 Å². The van der Waals surface area contributed by atoms with Crippen molar-refractivity contribution in [3.8, 4) is 5.75 Å². The third-order valence-corrected chi connectivity index (χ3v) is 2.22. The van der Waals surface area contributed by atoms with Crippen LogP contribution in [0.15, 0.2) is 53.5 Å². The fourth-order valence-electron chi connectivity index (χ4n) is 1.34. The van der Waals surface area contributed by atoms with Crippen molar-refractivity contribution in [2.24, 2.45) is 4.99 Å². The number of benzene rings is 2. The van der Waals surface area contributed by atoms with Crippen molar-refractivity contribution < 1.29 is 5.11 Å². The molecular formula is C13H12N2O. The lowest BCUT2D eigenvalue weighted by Gasteiger charge is -1.99. The van der Waals surface area contributed by atoms with E-state index in [0.717, 1.165) is 0 Å². The molecule has 0 aliphatic heterocycles. The van der Waals surface area contributed by atoms with Gasteiger partial charge in [-0.05, 0) is 24.3 Å². The van der Waals surface area contributed by atoms with Gasteiger partial charge in [-0.15, -0.1) is 0 Å². The Morgan fingerprint density at radius 3 is 2.44 bits per heavy atom.